The second-order valence-corrected chi connectivity index (χ2v) is 8.54. The van der Waals surface area contributed by atoms with Gasteiger partial charge in [-0.3, -0.25) is 0 Å². The Morgan fingerprint density at radius 3 is 2.40 bits per heavy atom. The lowest BCUT2D eigenvalue weighted by Crippen LogP contribution is -2.29. The van der Waals surface area contributed by atoms with Crippen LogP contribution in [-0.4, -0.2) is 26.8 Å². The molecule has 0 aromatic heterocycles. The van der Waals surface area contributed by atoms with E-state index in [1.807, 2.05) is 25.1 Å². The molecule has 0 aliphatic carbocycles. The molecule has 5 heteroatoms. The number of nitrogens with one attached hydrogen (secondary N) is 1. The molecule has 20 heavy (non-hydrogen) atoms. The van der Waals surface area contributed by atoms with Gasteiger partial charge in [0.05, 0.1) is 17.6 Å². The summed E-state index contributed by atoms with van der Waals surface area (Å²) in [6, 6.07) is 5.69. The molecule has 0 spiro atoms. The van der Waals surface area contributed by atoms with Gasteiger partial charge in [-0.2, -0.15) is 0 Å². The molecular formula is C15H25NO3S. The molecule has 0 unspecified atom stereocenters. The predicted molar refractivity (Wildman–Crippen MR) is 82.8 cm³/mol. The van der Waals surface area contributed by atoms with E-state index in [-0.39, 0.29) is 5.75 Å². The first kappa shape index (κ1) is 17.0. The maximum atomic E-state index is 12.3. The monoisotopic (exact) mass is 299 g/mol. The maximum Gasteiger partial charge on any atom is 0.159 e. The molecule has 0 heterocycles. The minimum atomic E-state index is -3.22. The second kappa shape index (κ2) is 6.59. The average Bonchev–Trinajstić information content (AvgIpc) is 2.34. The molecule has 1 rings (SSSR count). The highest BCUT2D eigenvalue weighted by Crippen LogP contribution is 2.27. The van der Waals surface area contributed by atoms with Crippen molar-refractivity contribution in [2.75, 3.05) is 13.7 Å². The van der Waals surface area contributed by atoms with Gasteiger partial charge in [0.1, 0.15) is 5.75 Å². The number of benzene rings is 1. The quantitative estimate of drug-likeness (QED) is 0.877. The Kier molecular flexibility index (Phi) is 5.59. The van der Waals surface area contributed by atoms with Crippen molar-refractivity contribution < 1.29 is 13.2 Å². The van der Waals surface area contributed by atoms with Crippen LogP contribution in [0.4, 0.5) is 0 Å². The van der Waals surface area contributed by atoms with Crippen molar-refractivity contribution in [3.05, 3.63) is 29.3 Å². The van der Waals surface area contributed by atoms with E-state index >= 15 is 0 Å². The lowest BCUT2D eigenvalue weighted by molar-refractivity contribution is 0.410. The van der Waals surface area contributed by atoms with E-state index in [1.54, 1.807) is 27.9 Å². The zero-order valence-electron chi connectivity index (χ0n) is 13.0. The van der Waals surface area contributed by atoms with Crippen molar-refractivity contribution >= 4 is 9.84 Å². The van der Waals surface area contributed by atoms with E-state index < -0.39 is 14.6 Å². The second-order valence-electron chi connectivity index (χ2n) is 5.80. The zero-order valence-corrected chi connectivity index (χ0v) is 13.8. The van der Waals surface area contributed by atoms with Gasteiger partial charge in [-0.05, 0) is 45.0 Å². The van der Waals surface area contributed by atoms with Gasteiger partial charge < -0.3 is 10.1 Å². The fraction of sp³-hybridized carbons (Fsp3) is 0.600. The van der Waals surface area contributed by atoms with E-state index in [4.69, 9.17) is 4.74 Å². The summed E-state index contributed by atoms with van der Waals surface area (Å²) in [5.41, 5.74) is 1.78. The molecule has 0 saturated carbocycles. The van der Waals surface area contributed by atoms with Gasteiger partial charge in [-0.25, -0.2) is 8.42 Å². The summed E-state index contributed by atoms with van der Waals surface area (Å²) in [6.07, 6.45) is 0. The van der Waals surface area contributed by atoms with Crippen molar-refractivity contribution in [2.45, 2.75) is 44.7 Å². The Morgan fingerprint density at radius 2 is 1.90 bits per heavy atom. The van der Waals surface area contributed by atoms with Gasteiger partial charge in [0.2, 0.25) is 0 Å². The highest BCUT2D eigenvalue weighted by Gasteiger charge is 2.30. The third kappa shape index (κ3) is 4.21. The number of hydrogen-bond donors (Lipinski definition) is 1. The Morgan fingerprint density at radius 1 is 1.25 bits per heavy atom. The van der Waals surface area contributed by atoms with Crippen LogP contribution < -0.4 is 10.1 Å². The van der Waals surface area contributed by atoms with E-state index in [1.165, 1.54) is 0 Å². The number of ether oxygens (including phenoxy) is 1. The molecule has 1 aromatic carbocycles. The third-order valence-corrected chi connectivity index (χ3v) is 5.76. The lowest BCUT2D eigenvalue weighted by atomic mass is 10.1. The Hall–Kier alpha value is -1.07. The van der Waals surface area contributed by atoms with Crippen LogP contribution in [0.3, 0.4) is 0 Å². The number of rotatable bonds is 6. The molecule has 0 saturated heterocycles. The van der Waals surface area contributed by atoms with Crippen LogP contribution in [0.1, 0.15) is 38.8 Å². The molecule has 0 fully saturated rings. The van der Waals surface area contributed by atoms with Crippen LogP contribution in [0, 0.1) is 0 Å². The molecule has 0 aliphatic heterocycles. The van der Waals surface area contributed by atoms with Gasteiger partial charge in [-0.1, -0.05) is 13.0 Å². The van der Waals surface area contributed by atoms with Crippen LogP contribution >= 0.6 is 0 Å². The Bertz CT molecular complexity index is 545. The van der Waals surface area contributed by atoms with Crippen LogP contribution in [0.15, 0.2) is 18.2 Å². The number of hydrogen-bond acceptors (Lipinski definition) is 4. The summed E-state index contributed by atoms with van der Waals surface area (Å²) in [5, 5.41) is 3.23. The largest absolute Gasteiger partial charge is 0.496 e. The Labute approximate surface area is 122 Å². The predicted octanol–water partition coefficient (Wildman–Crippen LogP) is 2.52. The Balaban J connectivity index is 3.09. The fourth-order valence-corrected chi connectivity index (χ4v) is 2.81. The molecule has 0 aliphatic rings. The smallest absolute Gasteiger partial charge is 0.159 e. The van der Waals surface area contributed by atoms with Crippen LogP contribution in [0.25, 0.3) is 0 Å². The van der Waals surface area contributed by atoms with Crippen molar-refractivity contribution in [3.8, 4) is 5.75 Å². The topological polar surface area (TPSA) is 55.4 Å². The molecule has 0 bridgehead atoms. The minimum absolute atomic E-state index is 0.000359. The minimum Gasteiger partial charge on any atom is -0.496 e. The van der Waals surface area contributed by atoms with Gasteiger partial charge in [0.25, 0.3) is 0 Å². The molecule has 0 atom stereocenters. The maximum absolute atomic E-state index is 12.3. The SMILES string of the molecule is CCNCc1ccc(OC)c(CS(=O)(=O)C(C)(C)C)c1. The van der Waals surface area contributed by atoms with Crippen molar-refractivity contribution in [3.63, 3.8) is 0 Å². The normalized spacial score (nSPS) is 12.4. The van der Waals surface area contributed by atoms with E-state index in [2.05, 4.69) is 5.32 Å². The summed E-state index contributed by atoms with van der Waals surface area (Å²) < 4.78 is 29.2. The highest BCUT2D eigenvalue weighted by atomic mass is 32.2. The summed E-state index contributed by atoms with van der Waals surface area (Å²) in [6.45, 7) is 8.80. The molecule has 0 amide bonds. The first-order valence-corrected chi connectivity index (χ1v) is 8.45. The van der Waals surface area contributed by atoms with Gasteiger partial charge >= 0.3 is 0 Å². The van der Waals surface area contributed by atoms with Crippen molar-refractivity contribution in [2.24, 2.45) is 0 Å². The molecule has 4 nitrogen and oxygen atoms in total. The van der Waals surface area contributed by atoms with Gasteiger partial charge in [0, 0.05) is 12.1 Å². The number of methoxy groups -OCH3 is 1. The summed E-state index contributed by atoms with van der Waals surface area (Å²) in [5.74, 6) is 0.623. The molecule has 0 radical (unpaired) electrons. The van der Waals surface area contributed by atoms with Crippen LogP contribution in [0.2, 0.25) is 0 Å². The molecule has 1 aromatic rings. The zero-order chi connectivity index (χ0) is 15.4. The van der Waals surface area contributed by atoms with E-state index in [0.717, 1.165) is 24.2 Å². The molecule has 114 valence electrons. The summed E-state index contributed by atoms with van der Waals surface area (Å²) in [7, 11) is -1.66. The number of sulfone groups is 1. The standard InChI is InChI=1S/C15H25NO3S/c1-6-16-10-12-7-8-14(19-5)13(9-12)11-20(17,18)15(2,3)4/h7-9,16H,6,10-11H2,1-5H3. The summed E-state index contributed by atoms with van der Waals surface area (Å²) in [4.78, 5) is 0. The van der Waals surface area contributed by atoms with E-state index in [0.29, 0.717) is 5.75 Å². The fourth-order valence-electron chi connectivity index (χ4n) is 1.75. The first-order valence-electron chi connectivity index (χ1n) is 6.80. The molecular weight excluding hydrogens is 274 g/mol. The molecule has 1 N–H and O–H groups in total. The van der Waals surface area contributed by atoms with Crippen LogP contribution in [-0.2, 0) is 22.1 Å². The van der Waals surface area contributed by atoms with Crippen LogP contribution in [0.5, 0.6) is 5.75 Å². The van der Waals surface area contributed by atoms with Crippen molar-refractivity contribution in [1.82, 2.24) is 5.32 Å². The lowest BCUT2D eigenvalue weighted by Gasteiger charge is -2.20. The van der Waals surface area contributed by atoms with Gasteiger partial charge in [-0.15, -0.1) is 0 Å². The summed E-state index contributed by atoms with van der Waals surface area (Å²) >= 11 is 0. The van der Waals surface area contributed by atoms with Gasteiger partial charge in [0.15, 0.2) is 9.84 Å². The van der Waals surface area contributed by atoms with Crippen molar-refractivity contribution in [1.29, 1.82) is 0 Å². The average molecular weight is 299 g/mol. The third-order valence-electron chi connectivity index (χ3n) is 3.20. The van der Waals surface area contributed by atoms with E-state index in [9.17, 15) is 8.42 Å². The first-order chi connectivity index (χ1) is 9.21. The highest BCUT2D eigenvalue weighted by molar-refractivity contribution is 7.91.